The number of nitrogens with zero attached hydrogens (tertiary/aromatic N) is 2. The first kappa shape index (κ1) is 28.7. The standard InChI is InChI=1S/C27H35N2O3.Co/c1-6-32-26(30)23-13-11-22(12-14-23)15-18-29(4)17-8-16-27(20-28,21(2)3)24-9-7-10-25(19-24)31-5;/h7,9,11-14,19,21H,6,8,15-18H2,1-5H3;/q-1;. The Kier molecular flexibility index (Phi) is 12.2. The zero-order chi connectivity index (χ0) is 23.6. The minimum Gasteiger partial charge on any atom is -0.523 e. The molecule has 0 aliphatic carbocycles. The van der Waals surface area contributed by atoms with Crippen molar-refractivity contribution in [3.05, 3.63) is 65.2 Å². The van der Waals surface area contributed by atoms with E-state index in [0.29, 0.717) is 17.9 Å². The van der Waals surface area contributed by atoms with Gasteiger partial charge in [0.25, 0.3) is 0 Å². The maximum Gasteiger partial charge on any atom is 0.338 e. The van der Waals surface area contributed by atoms with Gasteiger partial charge in [-0.15, -0.1) is 17.7 Å². The van der Waals surface area contributed by atoms with Crippen molar-refractivity contribution in [1.82, 2.24) is 4.90 Å². The molecule has 6 heteroatoms. The maximum absolute atomic E-state index is 11.8. The predicted octanol–water partition coefficient (Wildman–Crippen LogP) is 5.04. The van der Waals surface area contributed by atoms with E-state index in [0.717, 1.165) is 37.9 Å². The number of benzene rings is 2. The smallest absolute Gasteiger partial charge is 0.338 e. The summed E-state index contributed by atoms with van der Waals surface area (Å²) in [5, 5.41) is 10.1. The predicted molar refractivity (Wildman–Crippen MR) is 127 cm³/mol. The van der Waals surface area contributed by atoms with Crippen molar-refractivity contribution in [2.75, 3.05) is 33.9 Å². The van der Waals surface area contributed by atoms with E-state index in [4.69, 9.17) is 9.47 Å². The SMILES string of the molecule is CCOC(=O)c1ccc(CCN(C)CCCC(C#N)(c2cc[c-]c(OC)c2)C(C)C)cc1.[Co]. The Bertz CT molecular complexity index is 908. The third-order valence-electron chi connectivity index (χ3n) is 6.05. The first-order chi connectivity index (χ1) is 15.4. The molecule has 1 unspecified atom stereocenters. The number of rotatable bonds is 12. The molecule has 2 aromatic carbocycles. The van der Waals surface area contributed by atoms with Crippen LogP contribution in [0.5, 0.6) is 5.75 Å². The number of carbonyl (C=O) groups excluding carboxylic acids is 1. The van der Waals surface area contributed by atoms with Gasteiger partial charge in [-0.3, -0.25) is 0 Å². The van der Waals surface area contributed by atoms with Crippen molar-refractivity contribution in [2.45, 2.75) is 45.4 Å². The number of ether oxygens (including phenoxy) is 2. The molecule has 2 aromatic rings. The Morgan fingerprint density at radius 1 is 1.21 bits per heavy atom. The number of likely N-dealkylation sites (N-methyl/N-ethyl adjacent to an activating group) is 1. The Morgan fingerprint density at radius 3 is 2.48 bits per heavy atom. The van der Waals surface area contributed by atoms with Crippen molar-refractivity contribution in [3.63, 3.8) is 0 Å². The van der Waals surface area contributed by atoms with Crippen LogP contribution < -0.4 is 4.74 Å². The van der Waals surface area contributed by atoms with Gasteiger partial charge in [-0.05, 0) is 63.4 Å². The number of hydrogen-bond acceptors (Lipinski definition) is 5. The second kappa shape index (κ2) is 14.0. The van der Waals surface area contributed by atoms with Gasteiger partial charge in [-0.1, -0.05) is 26.0 Å². The summed E-state index contributed by atoms with van der Waals surface area (Å²) < 4.78 is 10.4. The topological polar surface area (TPSA) is 62.6 Å². The van der Waals surface area contributed by atoms with Crippen molar-refractivity contribution < 1.29 is 31.0 Å². The van der Waals surface area contributed by atoms with Gasteiger partial charge in [0.15, 0.2) is 0 Å². The van der Waals surface area contributed by atoms with Crippen LogP contribution in [0.15, 0.2) is 42.5 Å². The Morgan fingerprint density at radius 2 is 1.91 bits per heavy atom. The largest absolute Gasteiger partial charge is 0.523 e. The van der Waals surface area contributed by atoms with Crippen LogP contribution in [0.3, 0.4) is 0 Å². The van der Waals surface area contributed by atoms with Crippen molar-refractivity contribution in [1.29, 1.82) is 5.26 Å². The zero-order valence-electron chi connectivity index (χ0n) is 20.3. The summed E-state index contributed by atoms with van der Waals surface area (Å²) in [4.78, 5) is 14.1. The summed E-state index contributed by atoms with van der Waals surface area (Å²) in [6.45, 7) is 8.22. The van der Waals surface area contributed by atoms with E-state index in [1.807, 2.05) is 42.5 Å². The van der Waals surface area contributed by atoms with E-state index in [1.54, 1.807) is 14.0 Å². The minimum absolute atomic E-state index is 0. The van der Waals surface area contributed by atoms with Crippen molar-refractivity contribution >= 4 is 5.97 Å². The summed E-state index contributed by atoms with van der Waals surface area (Å²) in [6, 6.07) is 19.0. The average molecular weight is 495 g/mol. The molecular weight excluding hydrogens is 459 g/mol. The van der Waals surface area contributed by atoms with Gasteiger partial charge < -0.3 is 14.4 Å². The quantitative estimate of drug-likeness (QED) is 0.306. The maximum atomic E-state index is 11.8. The van der Waals surface area contributed by atoms with Gasteiger partial charge >= 0.3 is 5.97 Å². The fourth-order valence-corrected chi connectivity index (χ4v) is 3.94. The number of nitriles is 1. The minimum atomic E-state index is -0.549. The zero-order valence-corrected chi connectivity index (χ0v) is 21.4. The van der Waals surface area contributed by atoms with Crippen LogP contribution in [-0.2, 0) is 33.4 Å². The van der Waals surface area contributed by atoms with E-state index in [-0.39, 0.29) is 28.7 Å². The van der Waals surface area contributed by atoms with Gasteiger partial charge in [0, 0.05) is 29.1 Å². The fraction of sp³-hybridized carbons (Fsp3) is 0.481. The summed E-state index contributed by atoms with van der Waals surface area (Å²) in [6.07, 6.45) is 2.61. The number of hydrogen-bond donors (Lipinski definition) is 0. The van der Waals surface area contributed by atoms with E-state index in [9.17, 15) is 10.1 Å². The third-order valence-corrected chi connectivity index (χ3v) is 6.05. The van der Waals surface area contributed by atoms with Gasteiger partial charge in [-0.25, -0.2) is 4.79 Å². The summed E-state index contributed by atoms with van der Waals surface area (Å²) in [5.74, 6) is 0.563. The van der Waals surface area contributed by atoms with Gasteiger partial charge in [-0.2, -0.15) is 17.4 Å². The van der Waals surface area contributed by atoms with Gasteiger partial charge in [0.05, 0.1) is 30.8 Å². The molecule has 5 nitrogen and oxygen atoms in total. The molecule has 0 saturated carbocycles. The van der Waals surface area contributed by atoms with E-state index in [1.165, 1.54) is 5.56 Å². The molecular formula is C27H35CoN2O3-. The first-order valence-electron chi connectivity index (χ1n) is 11.3. The van der Waals surface area contributed by atoms with E-state index < -0.39 is 5.41 Å². The number of esters is 1. The van der Waals surface area contributed by atoms with Crippen molar-refractivity contribution in [2.24, 2.45) is 5.92 Å². The second-order valence-electron chi connectivity index (χ2n) is 8.46. The van der Waals surface area contributed by atoms with Crippen LogP contribution in [-0.4, -0.2) is 44.7 Å². The second-order valence-corrected chi connectivity index (χ2v) is 8.46. The molecule has 181 valence electrons. The molecule has 0 spiro atoms. The van der Waals surface area contributed by atoms with Crippen LogP contribution in [0.2, 0.25) is 0 Å². The van der Waals surface area contributed by atoms with Crippen molar-refractivity contribution in [3.8, 4) is 11.8 Å². The molecule has 0 aliphatic heterocycles. The Balaban J connectivity index is 0.00000544. The Labute approximate surface area is 209 Å². The van der Waals surface area contributed by atoms with Crippen LogP contribution >= 0.6 is 0 Å². The molecule has 0 saturated heterocycles. The normalized spacial score (nSPS) is 12.5. The van der Waals surface area contributed by atoms with Crippen LogP contribution in [0.1, 0.15) is 55.1 Å². The summed E-state index contributed by atoms with van der Waals surface area (Å²) in [5.41, 5.74) is 2.22. The third kappa shape index (κ3) is 7.88. The monoisotopic (exact) mass is 494 g/mol. The Hall–Kier alpha value is -2.33. The molecule has 1 atom stereocenters. The molecule has 0 heterocycles. The fourth-order valence-electron chi connectivity index (χ4n) is 3.94. The number of carbonyl (C=O) groups is 1. The molecule has 0 fully saturated rings. The molecule has 1 radical (unpaired) electrons. The van der Waals surface area contributed by atoms with Gasteiger partial charge in [0.2, 0.25) is 0 Å². The van der Waals surface area contributed by atoms with Crippen LogP contribution in [0.4, 0.5) is 0 Å². The van der Waals surface area contributed by atoms with Gasteiger partial charge in [0.1, 0.15) is 0 Å². The molecule has 0 bridgehead atoms. The molecule has 0 N–H and O–H groups in total. The van der Waals surface area contributed by atoms with E-state index in [2.05, 4.69) is 37.9 Å². The average Bonchev–Trinajstić information content (AvgIpc) is 2.81. The summed E-state index contributed by atoms with van der Waals surface area (Å²) >= 11 is 0. The molecule has 33 heavy (non-hydrogen) atoms. The van der Waals surface area contributed by atoms with E-state index >= 15 is 0 Å². The summed E-state index contributed by atoms with van der Waals surface area (Å²) in [7, 11) is 3.73. The number of methoxy groups -OCH3 is 1. The molecule has 2 rings (SSSR count). The van der Waals surface area contributed by atoms with Crippen LogP contribution in [0.25, 0.3) is 0 Å². The molecule has 0 amide bonds. The molecule has 0 aliphatic rings. The first-order valence-corrected chi connectivity index (χ1v) is 11.3. The molecule has 0 aromatic heterocycles. The van der Waals surface area contributed by atoms with Crippen LogP contribution in [0, 0.1) is 23.3 Å².